The molecule has 0 N–H and O–H groups in total. The van der Waals surface area contributed by atoms with Crippen LogP contribution in [0.3, 0.4) is 0 Å². The molecule has 0 aromatic carbocycles. The lowest BCUT2D eigenvalue weighted by atomic mass is 10.5. The molecular weight excluding hydrogens is 208 g/mol. The Hall–Kier alpha value is -2.11. The Morgan fingerprint density at radius 3 is 2.56 bits per heavy atom. The van der Waals surface area contributed by atoms with Crippen molar-refractivity contribution in [2.45, 2.75) is 6.92 Å². The molecule has 0 fully saturated rings. The van der Waals surface area contributed by atoms with E-state index >= 15 is 0 Å². The molecule has 0 spiro atoms. The van der Waals surface area contributed by atoms with Crippen LogP contribution in [0.25, 0.3) is 17.4 Å². The lowest BCUT2D eigenvalue weighted by Gasteiger charge is -2.03. The minimum Gasteiger partial charge on any atom is -0.300 e. The minimum atomic E-state index is -0.372. The van der Waals surface area contributed by atoms with Gasteiger partial charge in [0.05, 0.1) is 0 Å². The molecule has 0 amide bonds. The molecule has 6 nitrogen and oxygen atoms in total. The summed E-state index contributed by atoms with van der Waals surface area (Å²) >= 11 is 0. The van der Waals surface area contributed by atoms with Crippen molar-refractivity contribution < 1.29 is 0 Å². The predicted octanol–water partition coefficient (Wildman–Crippen LogP) is -0.0757. The van der Waals surface area contributed by atoms with Crippen molar-refractivity contribution in [2.24, 2.45) is 14.1 Å². The summed E-state index contributed by atoms with van der Waals surface area (Å²) in [6.07, 6.45) is 5.04. The van der Waals surface area contributed by atoms with Gasteiger partial charge < -0.3 is 4.57 Å². The fraction of sp³-hybridized carbons (Fsp3) is 0.300. The Kier molecular flexibility index (Phi) is 2.26. The Morgan fingerprint density at radius 2 is 1.94 bits per heavy atom. The zero-order chi connectivity index (χ0) is 11.9. The predicted molar refractivity (Wildman–Crippen MR) is 61.2 cm³/mol. The second-order valence-electron chi connectivity index (χ2n) is 3.51. The van der Waals surface area contributed by atoms with Gasteiger partial charge in [-0.05, 0) is 6.92 Å². The summed E-state index contributed by atoms with van der Waals surface area (Å²) in [5.41, 5.74) is 0.0887. The first-order chi connectivity index (χ1) is 7.57. The number of rotatable bonds is 1. The van der Waals surface area contributed by atoms with Gasteiger partial charge in [0.15, 0.2) is 11.2 Å². The highest BCUT2D eigenvalue weighted by molar-refractivity contribution is 5.72. The third kappa shape index (κ3) is 1.23. The van der Waals surface area contributed by atoms with Crippen LogP contribution < -0.4 is 11.2 Å². The summed E-state index contributed by atoms with van der Waals surface area (Å²) < 4.78 is 4.04. The van der Waals surface area contributed by atoms with Crippen LogP contribution in [-0.4, -0.2) is 18.7 Å². The summed E-state index contributed by atoms with van der Waals surface area (Å²) in [7, 11) is 3.05. The van der Waals surface area contributed by atoms with Crippen LogP contribution in [0.1, 0.15) is 6.92 Å². The molecule has 2 heterocycles. The number of hydrogen-bond acceptors (Lipinski definition) is 3. The number of aryl methyl sites for hydroxylation is 1. The van der Waals surface area contributed by atoms with Crippen LogP contribution in [0.15, 0.2) is 22.0 Å². The summed E-state index contributed by atoms with van der Waals surface area (Å²) in [5.74, 6) is 0. The number of hydrogen-bond donors (Lipinski definition) is 0. The zero-order valence-electron chi connectivity index (χ0n) is 9.34. The standard InChI is InChI=1S/C10H12N4O2/c1-4-5-14-6-11-8-7(14)9(15)13(3)10(16)12(8)2/h4-6H,1-3H3. The molecule has 0 unspecified atom stereocenters. The minimum absolute atomic E-state index is 0.339. The van der Waals surface area contributed by atoms with Gasteiger partial charge in [0.25, 0.3) is 5.56 Å². The Labute approximate surface area is 91.1 Å². The van der Waals surface area contributed by atoms with Crippen LogP contribution in [0.4, 0.5) is 0 Å². The zero-order valence-corrected chi connectivity index (χ0v) is 9.34. The van der Waals surface area contributed by atoms with Crippen LogP contribution in [0.5, 0.6) is 0 Å². The second kappa shape index (κ2) is 3.48. The molecule has 84 valence electrons. The van der Waals surface area contributed by atoms with Crippen molar-refractivity contribution in [1.29, 1.82) is 0 Å². The molecule has 6 heteroatoms. The smallest absolute Gasteiger partial charge is 0.300 e. The Balaban J connectivity index is 3.06. The normalized spacial score (nSPS) is 11.7. The van der Waals surface area contributed by atoms with Crippen LogP contribution in [0.2, 0.25) is 0 Å². The average Bonchev–Trinajstić information content (AvgIpc) is 2.68. The van der Waals surface area contributed by atoms with E-state index in [0.717, 1.165) is 4.57 Å². The van der Waals surface area contributed by atoms with E-state index in [9.17, 15) is 9.59 Å². The molecular formula is C10H12N4O2. The molecule has 16 heavy (non-hydrogen) atoms. The highest BCUT2D eigenvalue weighted by Crippen LogP contribution is 2.05. The van der Waals surface area contributed by atoms with Crippen molar-refractivity contribution in [2.75, 3.05) is 0 Å². The molecule has 0 saturated carbocycles. The maximum atomic E-state index is 11.9. The fourth-order valence-electron chi connectivity index (χ4n) is 1.64. The van der Waals surface area contributed by atoms with Crippen molar-refractivity contribution in [1.82, 2.24) is 18.7 Å². The van der Waals surface area contributed by atoms with Gasteiger partial charge in [-0.1, -0.05) is 6.08 Å². The molecule has 0 saturated heterocycles. The molecule has 0 bridgehead atoms. The third-order valence-corrected chi connectivity index (χ3v) is 2.48. The molecule has 2 aromatic heterocycles. The lowest BCUT2D eigenvalue weighted by molar-refractivity contribution is 0.708. The lowest BCUT2D eigenvalue weighted by Crippen LogP contribution is -2.37. The highest BCUT2D eigenvalue weighted by Gasteiger charge is 2.12. The molecule has 0 aliphatic carbocycles. The maximum Gasteiger partial charge on any atom is 0.332 e. The summed E-state index contributed by atoms with van der Waals surface area (Å²) in [6.45, 7) is 1.85. The van der Waals surface area contributed by atoms with Gasteiger partial charge in [0, 0.05) is 20.3 Å². The molecule has 0 radical (unpaired) electrons. The molecule has 2 rings (SSSR count). The quantitative estimate of drug-likeness (QED) is 0.675. The summed E-state index contributed by atoms with van der Waals surface area (Å²) in [5, 5.41) is 0. The summed E-state index contributed by atoms with van der Waals surface area (Å²) in [6, 6.07) is 0. The third-order valence-electron chi connectivity index (χ3n) is 2.48. The van der Waals surface area contributed by atoms with Crippen molar-refractivity contribution >= 4 is 17.4 Å². The number of imidazole rings is 1. The Morgan fingerprint density at radius 1 is 1.25 bits per heavy atom. The van der Waals surface area contributed by atoms with Gasteiger partial charge in [-0.25, -0.2) is 9.78 Å². The molecule has 0 aliphatic rings. The molecule has 0 aliphatic heterocycles. The first-order valence-corrected chi connectivity index (χ1v) is 4.83. The van der Waals surface area contributed by atoms with Crippen molar-refractivity contribution in [3.63, 3.8) is 0 Å². The van der Waals surface area contributed by atoms with E-state index in [1.165, 1.54) is 17.9 Å². The van der Waals surface area contributed by atoms with Crippen LogP contribution in [-0.2, 0) is 14.1 Å². The number of allylic oxidation sites excluding steroid dienone is 1. The van der Waals surface area contributed by atoms with Crippen molar-refractivity contribution in [3.8, 4) is 0 Å². The topological polar surface area (TPSA) is 61.8 Å². The first kappa shape index (κ1) is 10.4. The van der Waals surface area contributed by atoms with E-state index in [1.54, 1.807) is 23.9 Å². The monoisotopic (exact) mass is 220 g/mol. The maximum absolute atomic E-state index is 11.9. The SMILES string of the molecule is CC=Cn1cnc2c1c(=O)n(C)c(=O)n2C. The van der Waals surface area contributed by atoms with E-state index in [1.807, 2.05) is 6.92 Å². The van der Waals surface area contributed by atoms with Gasteiger partial charge in [-0.15, -0.1) is 0 Å². The molecule has 0 atom stereocenters. The van der Waals surface area contributed by atoms with E-state index in [4.69, 9.17) is 0 Å². The largest absolute Gasteiger partial charge is 0.332 e. The van der Waals surface area contributed by atoms with Gasteiger partial charge >= 0.3 is 5.69 Å². The van der Waals surface area contributed by atoms with E-state index < -0.39 is 0 Å². The number of fused-ring (bicyclic) bond motifs is 1. The number of nitrogens with zero attached hydrogens (tertiary/aromatic N) is 4. The number of aromatic nitrogens is 4. The van der Waals surface area contributed by atoms with Gasteiger partial charge in [0.1, 0.15) is 6.33 Å². The first-order valence-electron chi connectivity index (χ1n) is 4.83. The average molecular weight is 220 g/mol. The Bertz CT molecular complexity index is 687. The van der Waals surface area contributed by atoms with Gasteiger partial charge in [-0.3, -0.25) is 13.9 Å². The van der Waals surface area contributed by atoms with Gasteiger partial charge in [0.2, 0.25) is 0 Å². The fourth-order valence-corrected chi connectivity index (χ4v) is 1.64. The second-order valence-corrected chi connectivity index (χ2v) is 3.51. The molecule has 2 aromatic rings. The summed E-state index contributed by atoms with van der Waals surface area (Å²) in [4.78, 5) is 27.6. The van der Waals surface area contributed by atoms with Crippen LogP contribution in [0, 0.1) is 0 Å². The highest BCUT2D eigenvalue weighted by atomic mass is 16.2. The van der Waals surface area contributed by atoms with E-state index in [2.05, 4.69) is 4.98 Å². The van der Waals surface area contributed by atoms with Crippen LogP contribution >= 0.6 is 0 Å². The van der Waals surface area contributed by atoms with Gasteiger partial charge in [-0.2, -0.15) is 0 Å². The van der Waals surface area contributed by atoms with E-state index in [-0.39, 0.29) is 11.2 Å². The van der Waals surface area contributed by atoms with Crippen molar-refractivity contribution in [3.05, 3.63) is 33.2 Å². The van der Waals surface area contributed by atoms with E-state index in [0.29, 0.717) is 11.2 Å².